The van der Waals surface area contributed by atoms with Gasteiger partial charge in [-0.1, -0.05) is 29.8 Å². The van der Waals surface area contributed by atoms with Gasteiger partial charge < -0.3 is 14.6 Å². The van der Waals surface area contributed by atoms with Crippen molar-refractivity contribution in [3.05, 3.63) is 53.2 Å². The van der Waals surface area contributed by atoms with E-state index in [-0.39, 0.29) is 23.3 Å². The lowest BCUT2D eigenvalue weighted by atomic mass is 10.1. The maximum Gasteiger partial charge on any atom is 0.228 e. The summed E-state index contributed by atoms with van der Waals surface area (Å²) in [5.41, 5.74) is 1.62. The van der Waals surface area contributed by atoms with Crippen molar-refractivity contribution < 1.29 is 18.3 Å². The topological polar surface area (TPSA) is 93.5 Å². The van der Waals surface area contributed by atoms with Crippen LogP contribution in [0.3, 0.4) is 0 Å². The average Bonchev–Trinajstić information content (AvgIpc) is 3.05. The minimum absolute atomic E-state index is 0.0935. The Morgan fingerprint density at radius 1 is 1.34 bits per heavy atom. The molecule has 0 saturated carbocycles. The summed E-state index contributed by atoms with van der Waals surface area (Å²) in [7, 11) is 0. The molecule has 7 nitrogen and oxygen atoms in total. The molecule has 1 aromatic heterocycles. The molecule has 1 amide bonds. The Morgan fingerprint density at radius 2 is 2.10 bits per heavy atom. The van der Waals surface area contributed by atoms with Crippen molar-refractivity contribution >= 4 is 45.2 Å². The van der Waals surface area contributed by atoms with Crippen LogP contribution in [0.4, 0.5) is 5.69 Å². The van der Waals surface area contributed by atoms with Gasteiger partial charge in [0, 0.05) is 22.3 Å². The number of nitrogens with one attached hydrogen (secondary N) is 1. The monoisotopic (exact) mass is 435 g/mol. The van der Waals surface area contributed by atoms with Crippen LogP contribution < -0.4 is 5.32 Å². The summed E-state index contributed by atoms with van der Waals surface area (Å²) in [4.78, 5) is 12.6. The van der Waals surface area contributed by atoms with Crippen LogP contribution in [0, 0.1) is 0 Å². The number of carbonyl (C=O) groups excluding carboxylic acids is 1. The van der Waals surface area contributed by atoms with Crippen LogP contribution in [-0.4, -0.2) is 37.2 Å². The first-order valence-electron chi connectivity index (χ1n) is 9.10. The largest absolute Gasteiger partial charge is 0.377 e. The zero-order valence-electron chi connectivity index (χ0n) is 16.1. The molecule has 0 saturated heterocycles. The fraction of sp³-hybridized carbons (Fsp3) is 0.300. The van der Waals surface area contributed by atoms with Crippen LogP contribution in [0.15, 0.2) is 47.5 Å². The Labute approximate surface area is 176 Å². The Balaban J connectivity index is 1.81. The van der Waals surface area contributed by atoms with Crippen LogP contribution >= 0.6 is 11.6 Å². The highest BCUT2D eigenvalue weighted by atomic mass is 35.5. The molecule has 154 valence electrons. The van der Waals surface area contributed by atoms with E-state index in [1.165, 1.54) is 6.07 Å². The SMILES string of the molecule is CC(C)OCCn1cc2c(S(=O)O)cc(NC(=O)Cc3ccccc3Cl)cc2n1. The zero-order valence-corrected chi connectivity index (χ0v) is 17.7. The van der Waals surface area contributed by atoms with Crippen LogP contribution in [-0.2, 0) is 33.6 Å². The van der Waals surface area contributed by atoms with E-state index in [9.17, 15) is 13.6 Å². The molecule has 1 unspecified atom stereocenters. The van der Waals surface area contributed by atoms with Gasteiger partial charge in [-0.25, -0.2) is 4.21 Å². The van der Waals surface area contributed by atoms with Gasteiger partial charge in [0.2, 0.25) is 5.91 Å². The highest BCUT2D eigenvalue weighted by molar-refractivity contribution is 7.79. The second-order valence-corrected chi connectivity index (χ2v) is 8.13. The van der Waals surface area contributed by atoms with Crippen molar-refractivity contribution in [1.29, 1.82) is 0 Å². The van der Waals surface area contributed by atoms with Gasteiger partial charge >= 0.3 is 0 Å². The Morgan fingerprint density at radius 3 is 2.79 bits per heavy atom. The van der Waals surface area contributed by atoms with E-state index < -0.39 is 11.1 Å². The van der Waals surface area contributed by atoms with Crippen molar-refractivity contribution in [1.82, 2.24) is 9.78 Å². The summed E-state index contributed by atoms with van der Waals surface area (Å²) in [5.74, 6) is -0.281. The molecule has 3 aromatic rings. The summed E-state index contributed by atoms with van der Waals surface area (Å²) in [5, 5.41) is 8.26. The molecule has 9 heteroatoms. The van der Waals surface area contributed by atoms with Crippen LogP contribution in [0.5, 0.6) is 0 Å². The van der Waals surface area contributed by atoms with E-state index in [1.807, 2.05) is 19.9 Å². The van der Waals surface area contributed by atoms with Gasteiger partial charge in [0.25, 0.3) is 0 Å². The lowest BCUT2D eigenvalue weighted by Crippen LogP contribution is -2.15. The first-order valence-corrected chi connectivity index (χ1v) is 10.6. The predicted molar refractivity (Wildman–Crippen MR) is 114 cm³/mol. The number of aromatic nitrogens is 2. The van der Waals surface area contributed by atoms with Crippen LogP contribution in [0.2, 0.25) is 5.02 Å². The molecule has 1 heterocycles. The molecule has 2 N–H and O–H groups in total. The van der Waals surface area contributed by atoms with E-state index in [2.05, 4.69) is 10.4 Å². The number of hydrogen-bond acceptors (Lipinski definition) is 4. The third kappa shape index (κ3) is 5.63. The van der Waals surface area contributed by atoms with Crippen LogP contribution in [0.25, 0.3) is 10.9 Å². The molecule has 3 rings (SSSR count). The number of benzene rings is 2. The maximum absolute atomic E-state index is 12.4. The zero-order chi connectivity index (χ0) is 21.0. The maximum atomic E-state index is 12.4. The molecule has 2 aromatic carbocycles. The standard InChI is InChI=1S/C20H22ClN3O4S/c1-13(2)28-8-7-24-12-16-18(23-24)10-15(11-19(16)29(26)27)22-20(25)9-14-5-3-4-6-17(14)21/h3-6,10-13H,7-9H2,1-2H3,(H,22,25)(H,26,27). The van der Waals surface area contributed by atoms with Gasteiger partial charge in [0.1, 0.15) is 0 Å². The average molecular weight is 436 g/mol. The number of halogens is 1. The van der Waals surface area contributed by atoms with Crippen LogP contribution in [0.1, 0.15) is 19.4 Å². The van der Waals surface area contributed by atoms with Crippen molar-refractivity contribution in [2.45, 2.75) is 37.8 Å². The number of rotatable bonds is 8. The molecule has 0 aliphatic carbocycles. The number of hydrogen-bond donors (Lipinski definition) is 2. The highest BCUT2D eigenvalue weighted by Gasteiger charge is 2.15. The first-order chi connectivity index (χ1) is 13.8. The molecule has 0 fully saturated rings. The number of ether oxygens (including phenoxy) is 1. The summed E-state index contributed by atoms with van der Waals surface area (Å²) in [6.45, 7) is 4.89. The van der Waals surface area contributed by atoms with E-state index in [4.69, 9.17) is 16.3 Å². The lowest BCUT2D eigenvalue weighted by molar-refractivity contribution is -0.115. The fourth-order valence-corrected chi connectivity index (χ4v) is 3.65. The first kappa shape index (κ1) is 21.4. The van der Waals surface area contributed by atoms with Gasteiger partial charge in [-0.3, -0.25) is 9.48 Å². The summed E-state index contributed by atoms with van der Waals surface area (Å²) in [6.07, 6.45) is 1.91. The number of carbonyl (C=O) groups is 1. The number of amides is 1. The molecular weight excluding hydrogens is 414 g/mol. The Bertz CT molecular complexity index is 1050. The minimum atomic E-state index is -2.23. The molecule has 0 spiro atoms. The molecule has 0 aliphatic rings. The van der Waals surface area contributed by atoms with Gasteiger partial charge in [-0.05, 0) is 37.6 Å². The second-order valence-electron chi connectivity index (χ2n) is 6.78. The third-order valence-electron chi connectivity index (χ3n) is 4.19. The van der Waals surface area contributed by atoms with Crippen molar-refractivity contribution in [2.75, 3.05) is 11.9 Å². The van der Waals surface area contributed by atoms with Crippen molar-refractivity contribution in [3.8, 4) is 0 Å². The van der Waals surface area contributed by atoms with Gasteiger partial charge in [-0.15, -0.1) is 0 Å². The normalized spacial score (nSPS) is 12.4. The molecule has 1 atom stereocenters. The summed E-state index contributed by atoms with van der Waals surface area (Å²) < 4.78 is 28.7. The molecule has 0 aliphatic heterocycles. The smallest absolute Gasteiger partial charge is 0.228 e. The molecular formula is C20H22ClN3O4S. The molecule has 0 bridgehead atoms. The van der Waals surface area contributed by atoms with Gasteiger partial charge in [0.05, 0.1) is 36.1 Å². The summed E-state index contributed by atoms with van der Waals surface area (Å²) in [6, 6.07) is 10.3. The van der Waals surface area contributed by atoms with E-state index in [0.29, 0.717) is 40.3 Å². The van der Waals surface area contributed by atoms with Crippen molar-refractivity contribution in [3.63, 3.8) is 0 Å². The van der Waals surface area contributed by atoms with Gasteiger partial charge in [0.15, 0.2) is 11.1 Å². The highest BCUT2D eigenvalue weighted by Crippen LogP contribution is 2.26. The minimum Gasteiger partial charge on any atom is -0.377 e. The second kappa shape index (κ2) is 9.49. The van der Waals surface area contributed by atoms with E-state index in [1.54, 1.807) is 35.1 Å². The lowest BCUT2D eigenvalue weighted by Gasteiger charge is -2.08. The summed E-state index contributed by atoms with van der Waals surface area (Å²) >= 11 is 3.88. The molecule has 29 heavy (non-hydrogen) atoms. The predicted octanol–water partition coefficient (Wildman–Crippen LogP) is 3.88. The molecule has 0 radical (unpaired) electrons. The quantitative estimate of drug-likeness (QED) is 0.524. The number of nitrogens with zero attached hydrogens (tertiary/aromatic N) is 2. The van der Waals surface area contributed by atoms with E-state index >= 15 is 0 Å². The van der Waals surface area contributed by atoms with Gasteiger partial charge in [-0.2, -0.15) is 5.10 Å². The fourth-order valence-electron chi connectivity index (χ4n) is 2.87. The number of anilines is 1. The number of fused-ring (bicyclic) bond motifs is 1. The Kier molecular flexibility index (Phi) is 7.02. The van der Waals surface area contributed by atoms with E-state index in [0.717, 1.165) is 0 Å². The van der Waals surface area contributed by atoms with Crippen molar-refractivity contribution in [2.24, 2.45) is 0 Å². The Hall–Kier alpha value is -2.26. The third-order valence-corrected chi connectivity index (χ3v) is 5.27.